The van der Waals surface area contributed by atoms with Gasteiger partial charge < -0.3 is 9.84 Å². The molecule has 2 aromatic rings. The molecule has 180 valence electrons. The SMILES string of the molecule is CCC(Cc1ccccn1)(C(=O)O)S(=O)(=O)N1CCC(Oc2ccc(C(F)(F)F)cc2)CC1. The predicted octanol–water partition coefficient (Wildman–Crippen LogP) is 3.75. The van der Waals surface area contributed by atoms with E-state index in [0.717, 1.165) is 12.1 Å². The maximum absolute atomic E-state index is 13.5. The van der Waals surface area contributed by atoms with Crippen molar-refractivity contribution >= 4 is 16.0 Å². The second-order valence-corrected chi connectivity index (χ2v) is 10.1. The van der Waals surface area contributed by atoms with Gasteiger partial charge in [0.2, 0.25) is 10.0 Å². The Hall–Kier alpha value is -2.66. The number of nitrogens with zero attached hydrogens (tertiary/aromatic N) is 2. The van der Waals surface area contributed by atoms with Gasteiger partial charge in [0.05, 0.1) is 5.56 Å². The van der Waals surface area contributed by atoms with E-state index < -0.39 is 38.6 Å². The summed E-state index contributed by atoms with van der Waals surface area (Å²) >= 11 is 0. The molecule has 1 aliphatic rings. The lowest BCUT2D eigenvalue weighted by Gasteiger charge is -2.37. The lowest BCUT2D eigenvalue weighted by molar-refractivity contribution is -0.140. The van der Waals surface area contributed by atoms with Crippen LogP contribution in [0.3, 0.4) is 0 Å². The van der Waals surface area contributed by atoms with Gasteiger partial charge in [0.25, 0.3) is 0 Å². The zero-order valence-corrected chi connectivity index (χ0v) is 18.8. The molecule has 1 N–H and O–H groups in total. The summed E-state index contributed by atoms with van der Waals surface area (Å²) in [5.41, 5.74) is -0.418. The number of ether oxygens (including phenoxy) is 1. The van der Waals surface area contributed by atoms with E-state index in [2.05, 4.69) is 4.98 Å². The Bertz CT molecular complexity index is 1050. The molecule has 1 unspecified atom stereocenters. The van der Waals surface area contributed by atoms with Gasteiger partial charge in [-0.05, 0) is 55.7 Å². The van der Waals surface area contributed by atoms with Crippen molar-refractivity contribution in [3.8, 4) is 5.75 Å². The Morgan fingerprint density at radius 1 is 1.15 bits per heavy atom. The molecule has 0 aliphatic carbocycles. The van der Waals surface area contributed by atoms with Gasteiger partial charge in [-0.2, -0.15) is 13.2 Å². The normalized spacial score (nSPS) is 17.9. The number of rotatable bonds is 8. The summed E-state index contributed by atoms with van der Waals surface area (Å²) in [6, 6.07) is 9.23. The third-order valence-electron chi connectivity index (χ3n) is 5.87. The topological polar surface area (TPSA) is 96.8 Å². The Kier molecular flexibility index (Phi) is 7.32. The summed E-state index contributed by atoms with van der Waals surface area (Å²) < 4.78 is 69.9. The minimum atomic E-state index is -4.44. The van der Waals surface area contributed by atoms with Crippen molar-refractivity contribution in [1.82, 2.24) is 9.29 Å². The Morgan fingerprint density at radius 2 is 1.79 bits per heavy atom. The molecule has 1 saturated heterocycles. The lowest BCUT2D eigenvalue weighted by atomic mass is 9.99. The van der Waals surface area contributed by atoms with Gasteiger partial charge in [-0.3, -0.25) is 9.78 Å². The van der Waals surface area contributed by atoms with E-state index in [9.17, 15) is 31.5 Å². The van der Waals surface area contributed by atoms with Crippen LogP contribution in [0.2, 0.25) is 0 Å². The molecule has 0 radical (unpaired) electrons. The fourth-order valence-electron chi connectivity index (χ4n) is 3.88. The zero-order chi connectivity index (χ0) is 24.3. The summed E-state index contributed by atoms with van der Waals surface area (Å²) in [6.45, 7) is 1.62. The highest BCUT2D eigenvalue weighted by atomic mass is 32.2. The van der Waals surface area contributed by atoms with E-state index in [-0.39, 0.29) is 44.5 Å². The number of pyridine rings is 1. The molecule has 1 aliphatic heterocycles. The van der Waals surface area contributed by atoms with Crippen LogP contribution in [0.15, 0.2) is 48.7 Å². The molecule has 11 heteroatoms. The van der Waals surface area contributed by atoms with Gasteiger partial charge in [0.15, 0.2) is 4.75 Å². The number of carboxylic acid groups (broad SMARTS) is 1. The molecule has 1 fully saturated rings. The number of sulfonamides is 1. The first-order valence-corrected chi connectivity index (χ1v) is 11.9. The summed E-state index contributed by atoms with van der Waals surface area (Å²) in [4.78, 5) is 16.3. The number of carboxylic acids is 1. The monoisotopic (exact) mass is 486 g/mol. The molecule has 2 heterocycles. The minimum Gasteiger partial charge on any atom is -0.490 e. The number of hydrogen-bond donors (Lipinski definition) is 1. The number of hydrogen-bond acceptors (Lipinski definition) is 5. The van der Waals surface area contributed by atoms with Crippen molar-refractivity contribution in [2.24, 2.45) is 0 Å². The Balaban J connectivity index is 1.70. The molecular weight excluding hydrogens is 461 g/mol. The van der Waals surface area contributed by atoms with Crippen molar-refractivity contribution in [3.63, 3.8) is 0 Å². The quantitative estimate of drug-likeness (QED) is 0.611. The highest BCUT2D eigenvalue weighted by Crippen LogP contribution is 2.33. The Labute approximate surface area is 190 Å². The molecule has 0 spiro atoms. The van der Waals surface area contributed by atoms with Crippen LogP contribution in [-0.2, 0) is 27.4 Å². The van der Waals surface area contributed by atoms with E-state index in [0.29, 0.717) is 5.69 Å². The van der Waals surface area contributed by atoms with Crippen LogP contribution >= 0.6 is 0 Å². The first-order valence-electron chi connectivity index (χ1n) is 10.5. The van der Waals surface area contributed by atoms with Gasteiger partial charge in [-0.25, -0.2) is 12.7 Å². The standard InChI is InChI=1S/C22H25F3N2O5S/c1-2-21(20(28)29,15-17-5-3-4-12-26-17)33(30,31)27-13-10-19(11-14-27)32-18-8-6-16(7-9-18)22(23,24)25/h3-9,12,19H,2,10-11,13-15H2,1H3,(H,28,29). The van der Waals surface area contributed by atoms with Crippen molar-refractivity contribution < 1.29 is 36.2 Å². The van der Waals surface area contributed by atoms with Gasteiger partial charge in [-0.1, -0.05) is 13.0 Å². The van der Waals surface area contributed by atoms with E-state index in [1.165, 1.54) is 29.6 Å². The van der Waals surface area contributed by atoms with Crippen LogP contribution in [0.25, 0.3) is 0 Å². The first-order chi connectivity index (χ1) is 15.5. The van der Waals surface area contributed by atoms with Crippen molar-refractivity contribution in [1.29, 1.82) is 0 Å². The van der Waals surface area contributed by atoms with Crippen LogP contribution in [0.5, 0.6) is 5.75 Å². The molecule has 3 rings (SSSR count). The number of benzene rings is 1. The summed E-state index contributed by atoms with van der Waals surface area (Å²) in [5, 5.41) is 9.94. The van der Waals surface area contributed by atoms with Gasteiger partial charge in [-0.15, -0.1) is 0 Å². The van der Waals surface area contributed by atoms with E-state index in [1.807, 2.05) is 0 Å². The van der Waals surface area contributed by atoms with Gasteiger partial charge in [0, 0.05) is 31.4 Å². The van der Waals surface area contributed by atoms with Crippen LogP contribution in [0.4, 0.5) is 13.2 Å². The molecule has 33 heavy (non-hydrogen) atoms. The fraction of sp³-hybridized carbons (Fsp3) is 0.455. The minimum absolute atomic E-state index is 0.0465. The highest BCUT2D eigenvalue weighted by molar-refractivity contribution is 7.91. The molecular formula is C22H25F3N2O5S. The van der Waals surface area contributed by atoms with Crippen LogP contribution in [0, 0.1) is 0 Å². The van der Waals surface area contributed by atoms with E-state index in [1.54, 1.807) is 18.2 Å². The summed E-state index contributed by atoms with van der Waals surface area (Å²) in [7, 11) is -4.24. The maximum Gasteiger partial charge on any atom is 0.416 e. The molecule has 0 saturated carbocycles. The molecule has 1 aromatic heterocycles. The predicted molar refractivity (Wildman–Crippen MR) is 114 cm³/mol. The van der Waals surface area contributed by atoms with Crippen LogP contribution < -0.4 is 4.74 Å². The largest absolute Gasteiger partial charge is 0.490 e. The smallest absolute Gasteiger partial charge is 0.416 e. The molecule has 7 nitrogen and oxygen atoms in total. The zero-order valence-electron chi connectivity index (χ0n) is 18.0. The van der Waals surface area contributed by atoms with Crippen molar-refractivity contribution in [3.05, 3.63) is 59.9 Å². The maximum atomic E-state index is 13.5. The number of halogens is 3. The third-order valence-corrected chi connectivity index (χ3v) is 8.51. The number of aliphatic carboxylic acids is 1. The average Bonchev–Trinajstić information content (AvgIpc) is 2.78. The van der Waals surface area contributed by atoms with Gasteiger partial charge in [0.1, 0.15) is 11.9 Å². The molecule has 0 amide bonds. The van der Waals surface area contributed by atoms with Gasteiger partial charge >= 0.3 is 12.1 Å². The number of piperidine rings is 1. The molecule has 0 bridgehead atoms. The summed E-state index contributed by atoms with van der Waals surface area (Å²) in [5.74, 6) is -1.17. The molecule has 1 atom stereocenters. The van der Waals surface area contributed by atoms with Crippen molar-refractivity contribution in [2.75, 3.05) is 13.1 Å². The lowest BCUT2D eigenvalue weighted by Crippen LogP contribution is -2.56. The van der Waals surface area contributed by atoms with Crippen molar-refractivity contribution in [2.45, 2.75) is 49.6 Å². The highest BCUT2D eigenvalue weighted by Gasteiger charge is 2.53. The number of aromatic nitrogens is 1. The average molecular weight is 487 g/mol. The second-order valence-electron chi connectivity index (χ2n) is 7.89. The summed E-state index contributed by atoms with van der Waals surface area (Å²) in [6.07, 6.45) is -3.19. The van der Waals surface area contributed by atoms with Crippen LogP contribution in [-0.4, -0.2) is 52.7 Å². The van der Waals surface area contributed by atoms with Crippen LogP contribution in [0.1, 0.15) is 37.4 Å². The fourth-order valence-corrected chi connectivity index (χ4v) is 5.98. The van der Waals surface area contributed by atoms with E-state index >= 15 is 0 Å². The Morgan fingerprint density at radius 3 is 2.27 bits per heavy atom. The van der Waals surface area contributed by atoms with E-state index in [4.69, 9.17) is 4.74 Å². The molecule has 1 aromatic carbocycles. The number of carbonyl (C=O) groups is 1. The first kappa shape index (κ1) is 25.0. The third kappa shape index (κ3) is 5.30. The number of alkyl halides is 3. The second kappa shape index (κ2) is 9.68.